The highest BCUT2D eigenvalue weighted by Crippen LogP contribution is 2.35. The van der Waals surface area contributed by atoms with Crippen molar-refractivity contribution < 1.29 is 43.9 Å². The predicted octanol–water partition coefficient (Wildman–Crippen LogP) is 3.71. The van der Waals surface area contributed by atoms with Crippen molar-refractivity contribution in [1.29, 1.82) is 0 Å². The SMILES string of the molecule is O=C(CN(Cc1ccc(F)cc1)S(=O)(=O)c1ccccc1C(F)(F)F)NCC(F)(F)F. The van der Waals surface area contributed by atoms with Gasteiger partial charge in [-0.3, -0.25) is 4.79 Å². The number of carbonyl (C=O) groups excluding carboxylic acids is 1. The molecule has 0 saturated carbocycles. The van der Waals surface area contributed by atoms with E-state index in [-0.39, 0.29) is 9.87 Å². The largest absolute Gasteiger partial charge is 0.417 e. The van der Waals surface area contributed by atoms with Gasteiger partial charge in [0.25, 0.3) is 0 Å². The van der Waals surface area contributed by atoms with Gasteiger partial charge < -0.3 is 5.32 Å². The van der Waals surface area contributed by atoms with Gasteiger partial charge in [0.2, 0.25) is 15.9 Å². The van der Waals surface area contributed by atoms with E-state index in [0.717, 1.165) is 36.4 Å². The molecule has 0 aromatic heterocycles. The lowest BCUT2D eigenvalue weighted by molar-refractivity contribution is -0.140. The van der Waals surface area contributed by atoms with Crippen molar-refractivity contribution in [3.05, 3.63) is 65.5 Å². The van der Waals surface area contributed by atoms with Gasteiger partial charge in [-0.1, -0.05) is 24.3 Å². The van der Waals surface area contributed by atoms with E-state index in [9.17, 15) is 43.9 Å². The van der Waals surface area contributed by atoms with Crippen molar-refractivity contribution in [3.8, 4) is 0 Å². The Bertz CT molecular complexity index is 1020. The van der Waals surface area contributed by atoms with Crippen LogP contribution < -0.4 is 5.32 Å². The molecule has 0 spiro atoms. The fraction of sp³-hybridized carbons (Fsp3) is 0.278. The summed E-state index contributed by atoms with van der Waals surface area (Å²) in [6.45, 7) is -3.63. The molecule has 1 amide bonds. The number of amides is 1. The van der Waals surface area contributed by atoms with Crippen LogP contribution in [0.3, 0.4) is 0 Å². The lowest BCUT2D eigenvalue weighted by Gasteiger charge is -2.24. The number of alkyl halides is 6. The summed E-state index contributed by atoms with van der Waals surface area (Å²) >= 11 is 0. The summed E-state index contributed by atoms with van der Waals surface area (Å²) in [7, 11) is -4.99. The van der Waals surface area contributed by atoms with Crippen LogP contribution >= 0.6 is 0 Å². The van der Waals surface area contributed by atoms with Crippen LogP contribution in [-0.2, 0) is 27.5 Å². The Kier molecular flexibility index (Phi) is 7.32. The van der Waals surface area contributed by atoms with E-state index in [4.69, 9.17) is 0 Å². The van der Waals surface area contributed by atoms with E-state index < -0.39 is 64.2 Å². The van der Waals surface area contributed by atoms with Gasteiger partial charge in [-0.2, -0.15) is 30.6 Å². The molecule has 0 unspecified atom stereocenters. The Morgan fingerprint density at radius 1 is 0.935 bits per heavy atom. The van der Waals surface area contributed by atoms with Crippen LogP contribution in [0.4, 0.5) is 30.7 Å². The van der Waals surface area contributed by atoms with Crippen molar-refractivity contribution in [2.75, 3.05) is 13.1 Å². The van der Waals surface area contributed by atoms with Gasteiger partial charge in [-0.05, 0) is 29.8 Å². The van der Waals surface area contributed by atoms with Gasteiger partial charge in [-0.25, -0.2) is 12.8 Å². The van der Waals surface area contributed by atoms with Crippen LogP contribution in [0, 0.1) is 5.82 Å². The summed E-state index contributed by atoms with van der Waals surface area (Å²) in [4.78, 5) is 10.7. The minimum Gasteiger partial charge on any atom is -0.346 e. The fourth-order valence-corrected chi connectivity index (χ4v) is 4.10. The maximum atomic E-state index is 13.3. The van der Waals surface area contributed by atoms with Crippen molar-refractivity contribution in [1.82, 2.24) is 9.62 Å². The number of hydrogen-bond donors (Lipinski definition) is 1. The van der Waals surface area contributed by atoms with Crippen LogP contribution in [-0.4, -0.2) is 37.9 Å². The normalized spacial score (nSPS) is 12.8. The lowest BCUT2D eigenvalue weighted by atomic mass is 10.2. The van der Waals surface area contributed by atoms with Crippen molar-refractivity contribution in [2.45, 2.75) is 23.8 Å². The molecule has 0 heterocycles. The highest BCUT2D eigenvalue weighted by Gasteiger charge is 2.39. The minimum atomic E-state index is -5.05. The molecule has 31 heavy (non-hydrogen) atoms. The number of carbonyl (C=O) groups is 1. The van der Waals surface area contributed by atoms with Gasteiger partial charge in [0.15, 0.2) is 0 Å². The molecule has 0 aliphatic heterocycles. The molecule has 1 N–H and O–H groups in total. The Hall–Kier alpha value is -2.67. The second-order valence-electron chi connectivity index (χ2n) is 6.29. The lowest BCUT2D eigenvalue weighted by Crippen LogP contribution is -2.43. The number of halogens is 7. The van der Waals surface area contributed by atoms with Gasteiger partial charge >= 0.3 is 12.4 Å². The smallest absolute Gasteiger partial charge is 0.346 e. The number of benzene rings is 2. The third kappa shape index (κ3) is 6.92. The predicted molar refractivity (Wildman–Crippen MR) is 94.5 cm³/mol. The second-order valence-corrected chi connectivity index (χ2v) is 8.19. The molecule has 0 atom stereocenters. The zero-order valence-electron chi connectivity index (χ0n) is 15.5. The average Bonchev–Trinajstić information content (AvgIpc) is 2.66. The van der Waals surface area contributed by atoms with Gasteiger partial charge in [0, 0.05) is 6.54 Å². The minimum absolute atomic E-state index is 0.0955. The second kappa shape index (κ2) is 9.22. The maximum absolute atomic E-state index is 13.3. The number of hydrogen-bond acceptors (Lipinski definition) is 3. The first-order valence-electron chi connectivity index (χ1n) is 8.44. The molecule has 5 nitrogen and oxygen atoms in total. The molecule has 0 bridgehead atoms. The number of sulfonamides is 1. The van der Waals surface area contributed by atoms with Crippen molar-refractivity contribution in [3.63, 3.8) is 0 Å². The summed E-state index contributed by atoms with van der Waals surface area (Å²) in [5.74, 6) is -2.06. The zero-order chi connectivity index (χ0) is 23.4. The molecule has 0 fully saturated rings. The molecule has 2 rings (SSSR count). The molecule has 170 valence electrons. The summed E-state index contributed by atoms with van der Waals surface area (Å²) < 4.78 is 116. The maximum Gasteiger partial charge on any atom is 0.417 e. The topological polar surface area (TPSA) is 66.5 Å². The van der Waals surface area contributed by atoms with Crippen LogP contribution in [0.2, 0.25) is 0 Å². The van der Waals surface area contributed by atoms with Crippen LogP contribution in [0.25, 0.3) is 0 Å². The average molecular weight is 472 g/mol. The summed E-state index contributed by atoms with van der Waals surface area (Å²) in [5, 5.41) is 1.46. The molecule has 0 aliphatic rings. The molecule has 2 aromatic carbocycles. The van der Waals surface area contributed by atoms with Gasteiger partial charge in [0.1, 0.15) is 12.4 Å². The van der Waals surface area contributed by atoms with E-state index in [1.807, 2.05) is 0 Å². The molecule has 0 radical (unpaired) electrons. The highest BCUT2D eigenvalue weighted by atomic mass is 32.2. The first kappa shape index (κ1) is 24.6. The van der Waals surface area contributed by atoms with Crippen LogP contribution in [0.5, 0.6) is 0 Å². The van der Waals surface area contributed by atoms with Gasteiger partial charge in [-0.15, -0.1) is 0 Å². The fourth-order valence-electron chi connectivity index (χ4n) is 2.50. The Morgan fingerprint density at radius 3 is 2.06 bits per heavy atom. The molecular weight excluding hydrogens is 457 g/mol. The van der Waals surface area contributed by atoms with E-state index >= 15 is 0 Å². The Labute approximate surface area is 172 Å². The first-order valence-corrected chi connectivity index (χ1v) is 9.88. The molecule has 0 saturated heterocycles. The first-order chi connectivity index (χ1) is 14.2. The number of rotatable bonds is 7. The molecule has 2 aromatic rings. The van der Waals surface area contributed by atoms with E-state index in [2.05, 4.69) is 0 Å². The Morgan fingerprint density at radius 2 is 1.52 bits per heavy atom. The standard InChI is InChI=1S/C18H15F7N2O3S/c19-13-7-5-12(6-8-13)9-27(10-16(28)26-11-17(20,21)22)31(29,30)15-4-2-1-3-14(15)18(23,24)25/h1-8H,9-11H2,(H,26,28). The monoisotopic (exact) mass is 472 g/mol. The van der Waals surface area contributed by atoms with Crippen LogP contribution in [0.15, 0.2) is 53.4 Å². The number of nitrogens with zero attached hydrogens (tertiary/aromatic N) is 1. The molecular formula is C18H15F7N2O3S. The summed E-state index contributed by atoms with van der Waals surface area (Å²) in [5.41, 5.74) is -1.41. The molecule has 13 heteroatoms. The van der Waals surface area contributed by atoms with E-state index in [1.54, 1.807) is 0 Å². The zero-order valence-corrected chi connectivity index (χ0v) is 16.3. The quantitative estimate of drug-likeness (QED) is 0.625. The third-order valence-corrected chi connectivity index (χ3v) is 5.74. The molecule has 0 aliphatic carbocycles. The van der Waals surface area contributed by atoms with Crippen molar-refractivity contribution in [2.24, 2.45) is 0 Å². The highest BCUT2D eigenvalue weighted by molar-refractivity contribution is 7.89. The van der Waals surface area contributed by atoms with Gasteiger partial charge in [0.05, 0.1) is 17.0 Å². The Balaban J connectivity index is 2.43. The van der Waals surface area contributed by atoms with E-state index in [1.165, 1.54) is 5.32 Å². The summed E-state index contributed by atoms with van der Waals surface area (Å²) in [6, 6.07) is 7.34. The van der Waals surface area contributed by atoms with E-state index in [0.29, 0.717) is 12.1 Å². The number of nitrogens with one attached hydrogen (secondary N) is 1. The summed E-state index contributed by atoms with van der Waals surface area (Å²) in [6.07, 6.45) is -9.83. The van der Waals surface area contributed by atoms with Crippen LogP contribution in [0.1, 0.15) is 11.1 Å². The van der Waals surface area contributed by atoms with Crippen molar-refractivity contribution >= 4 is 15.9 Å². The third-order valence-electron chi connectivity index (χ3n) is 3.89.